The number of rotatable bonds is 2. The van der Waals surface area contributed by atoms with Crippen LogP contribution in [0, 0.1) is 5.92 Å². The molecule has 0 bridgehead atoms. The minimum absolute atomic E-state index is 0.396. The molecule has 1 saturated carbocycles. The molecule has 2 atom stereocenters. The molecule has 1 N–H and O–H groups in total. The molecular formula is C12H16N2OS. The number of imidazole rings is 1. The SMILES string of the molecule is CC1CCCC1(O)Cc1cn2ccsc2n1. The van der Waals surface area contributed by atoms with Crippen LogP contribution >= 0.6 is 11.3 Å². The fraction of sp³-hybridized carbons (Fsp3) is 0.583. The van der Waals surface area contributed by atoms with E-state index in [4.69, 9.17) is 0 Å². The van der Waals surface area contributed by atoms with Crippen molar-refractivity contribution in [3.05, 3.63) is 23.5 Å². The van der Waals surface area contributed by atoms with Crippen LogP contribution < -0.4 is 0 Å². The van der Waals surface area contributed by atoms with Crippen LogP contribution in [0.15, 0.2) is 17.8 Å². The van der Waals surface area contributed by atoms with Gasteiger partial charge in [0.2, 0.25) is 0 Å². The van der Waals surface area contributed by atoms with E-state index in [9.17, 15) is 5.11 Å². The van der Waals surface area contributed by atoms with E-state index in [1.807, 2.05) is 22.2 Å². The van der Waals surface area contributed by atoms with Crippen molar-refractivity contribution in [2.75, 3.05) is 0 Å². The van der Waals surface area contributed by atoms with Gasteiger partial charge < -0.3 is 5.11 Å². The highest BCUT2D eigenvalue weighted by Gasteiger charge is 2.38. The van der Waals surface area contributed by atoms with E-state index in [1.165, 1.54) is 0 Å². The van der Waals surface area contributed by atoms with Gasteiger partial charge in [0.15, 0.2) is 4.96 Å². The first-order chi connectivity index (χ1) is 7.67. The minimum Gasteiger partial charge on any atom is -0.389 e. The van der Waals surface area contributed by atoms with Gasteiger partial charge in [0.25, 0.3) is 0 Å². The first kappa shape index (κ1) is 10.3. The van der Waals surface area contributed by atoms with E-state index >= 15 is 0 Å². The summed E-state index contributed by atoms with van der Waals surface area (Å²) in [7, 11) is 0. The number of hydrogen-bond acceptors (Lipinski definition) is 3. The molecule has 3 rings (SSSR count). The van der Waals surface area contributed by atoms with Crippen molar-refractivity contribution < 1.29 is 5.11 Å². The van der Waals surface area contributed by atoms with Gasteiger partial charge in [-0.25, -0.2) is 4.98 Å². The summed E-state index contributed by atoms with van der Waals surface area (Å²) in [6.45, 7) is 2.14. The van der Waals surface area contributed by atoms with Crippen LogP contribution in [-0.2, 0) is 6.42 Å². The standard InChI is InChI=1S/C12H16N2OS/c1-9-3-2-4-12(9,15)7-10-8-14-5-6-16-11(14)13-10/h5-6,8-9,15H,2-4,7H2,1H3. The normalized spacial score (nSPS) is 30.2. The van der Waals surface area contributed by atoms with Crippen LogP contribution in [0.1, 0.15) is 31.9 Å². The summed E-state index contributed by atoms with van der Waals surface area (Å²) in [5, 5.41) is 12.6. The molecule has 0 aliphatic heterocycles. The Balaban J connectivity index is 1.86. The molecule has 3 nitrogen and oxygen atoms in total. The third kappa shape index (κ3) is 1.57. The Labute approximate surface area is 98.8 Å². The number of nitrogens with zero attached hydrogens (tertiary/aromatic N) is 2. The number of thiazole rings is 1. The van der Waals surface area contributed by atoms with Crippen molar-refractivity contribution in [2.45, 2.75) is 38.2 Å². The molecule has 0 spiro atoms. The van der Waals surface area contributed by atoms with E-state index in [0.717, 1.165) is 29.9 Å². The molecule has 86 valence electrons. The number of aliphatic hydroxyl groups is 1. The van der Waals surface area contributed by atoms with Gasteiger partial charge in [-0.1, -0.05) is 13.3 Å². The maximum absolute atomic E-state index is 10.5. The van der Waals surface area contributed by atoms with Crippen LogP contribution in [0.2, 0.25) is 0 Å². The number of hydrogen-bond donors (Lipinski definition) is 1. The van der Waals surface area contributed by atoms with Gasteiger partial charge in [0, 0.05) is 24.2 Å². The second kappa shape index (κ2) is 3.57. The summed E-state index contributed by atoms with van der Waals surface area (Å²) >= 11 is 1.64. The highest BCUT2D eigenvalue weighted by molar-refractivity contribution is 7.15. The number of aromatic nitrogens is 2. The molecule has 1 fully saturated rings. The van der Waals surface area contributed by atoms with Crippen LogP contribution in [0.3, 0.4) is 0 Å². The van der Waals surface area contributed by atoms with Crippen molar-refractivity contribution in [1.82, 2.24) is 9.38 Å². The van der Waals surface area contributed by atoms with Gasteiger partial charge in [-0.15, -0.1) is 11.3 Å². The van der Waals surface area contributed by atoms with Crippen LogP contribution in [0.4, 0.5) is 0 Å². The maximum Gasteiger partial charge on any atom is 0.193 e. The lowest BCUT2D eigenvalue weighted by Crippen LogP contribution is -2.34. The third-order valence-electron chi connectivity index (χ3n) is 3.79. The predicted octanol–water partition coefficient (Wildman–Crippen LogP) is 2.49. The Kier molecular flexibility index (Phi) is 2.30. The van der Waals surface area contributed by atoms with E-state index in [0.29, 0.717) is 12.3 Å². The minimum atomic E-state index is -0.524. The lowest BCUT2D eigenvalue weighted by molar-refractivity contribution is 0.00884. The Bertz CT molecular complexity index is 475. The molecule has 0 saturated heterocycles. The summed E-state index contributed by atoms with van der Waals surface area (Å²) in [4.78, 5) is 5.56. The third-order valence-corrected chi connectivity index (χ3v) is 4.57. The van der Waals surface area contributed by atoms with Gasteiger partial charge in [0.1, 0.15) is 0 Å². The van der Waals surface area contributed by atoms with Crippen LogP contribution in [-0.4, -0.2) is 20.1 Å². The molecule has 1 aliphatic rings. The van der Waals surface area contributed by atoms with Crippen molar-refractivity contribution in [3.8, 4) is 0 Å². The monoisotopic (exact) mass is 236 g/mol. The predicted molar refractivity (Wildman–Crippen MR) is 64.7 cm³/mol. The van der Waals surface area contributed by atoms with Crippen LogP contribution in [0.25, 0.3) is 4.96 Å². The van der Waals surface area contributed by atoms with Gasteiger partial charge in [-0.3, -0.25) is 4.40 Å². The topological polar surface area (TPSA) is 37.5 Å². The van der Waals surface area contributed by atoms with E-state index in [1.54, 1.807) is 11.3 Å². The van der Waals surface area contributed by atoms with Crippen molar-refractivity contribution in [3.63, 3.8) is 0 Å². The molecule has 0 aromatic carbocycles. The average molecular weight is 236 g/mol. The zero-order valence-electron chi connectivity index (χ0n) is 9.39. The zero-order chi connectivity index (χ0) is 11.2. The molecule has 2 aromatic heterocycles. The Hall–Kier alpha value is -0.870. The highest BCUT2D eigenvalue weighted by atomic mass is 32.1. The van der Waals surface area contributed by atoms with Gasteiger partial charge >= 0.3 is 0 Å². The fourth-order valence-electron chi connectivity index (χ4n) is 2.67. The first-order valence-corrected chi connectivity index (χ1v) is 6.69. The van der Waals surface area contributed by atoms with Crippen LogP contribution in [0.5, 0.6) is 0 Å². The molecule has 0 amide bonds. The Morgan fingerprint density at radius 1 is 1.69 bits per heavy atom. The van der Waals surface area contributed by atoms with E-state index in [2.05, 4.69) is 11.9 Å². The molecule has 2 aromatic rings. The highest BCUT2D eigenvalue weighted by Crippen LogP contribution is 2.37. The fourth-order valence-corrected chi connectivity index (χ4v) is 3.39. The molecular weight excluding hydrogens is 220 g/mol. The maximum atomic E-state index is 10.5. The van der Waals surface area contributed by atoms with E-state index in [-0.39, 0.29) is 0 Å². The van der Waals surface area contributed by atoms with E-state index < -0.39 is 5.60 Å². The van der Waals surface area contributed by atoms with Crippen molar-refractivity contribution in [1.29, 1.82) is 0 Å². The molecule has 1 aliphatic carbocycles. The second-order valence-electron chi connectivity index (χ2n) is 4.90. The summed E-state index contributed by atoms with van der Waals surface area (Å²) in [6, 6.07) is 0. The Morgan fingerprint density at radius 2 is 2.56 bits per heavy atom. The van der Waals surface area contributed by atoms with Crippen molar-refractivity contribution >= 4 is 16.3 Å². The van der Waals surface area contributed by atoms with Gasteiger partial charge in [-0.05, 0) is 18.8 Å². The quantitative estimate of drug-likeness (QED) is 0.870. The van der Waals surface area contributed by atoms with Gasteiger partial charge in [-0.2, -0.15) is 0 Å². The lowest BCUT2D eigenvalue weighted by atomic mass is 9.88. The molecule has 0 radical (unpaired) electrons. The smallest absolute Gasteiger partial charge is 0.193 e. The summed E-state index contributed by atoms with van der Waals surface area (Å²) in [5.41, 5.74) is 0.493. The first-order valence-electron chi connectivity index (χ1n) is 5.81. The summed E-state index contributed by atoms with van der Waals surface area (Å²) in [6.07, 6.45) is 7.94. The molecule has 2 unspecified atom stereocenters. The van der Waals surface area contributed by atoms with Crippen molar-refractivity contribution in [2.24, 2.45) is 5.92 Å². The second-order valence-corrected chi connectivity index (χ2v) is 5.77. The van der Waals surface area contributed by atoms with Gasteiger partial charge in [0.05, 0.1) is 11.3 Å². The average Bonchev–Trinajstić information content (AvgIpc) is 2.83. The summed E-state index contributed by atoms with van der Waals surface area (Å²) < 4.78 is 2.03. The zero-order valence-corrected chi connectivity index (χ0v) is 10.2. The summed E-state index contributed by atoms with van der Waals surface area (Å²) in [5.74, 6) is 0.396. The lowest BCUT2D eigenvalue weighted by Gasteiger charge is -2.26. The molecule has 16 heavy (non-hydrogen) atoms. The largest absolute Gasteiger partial charge is 0.389 e. The molecule has 2 heterocycles. The number of fused-ring (bicyclic) bond motifs is 1. The molecule has 4 heteroatoms. The Morgan fingerprint density at radius 3 is 3.25 bits per heavy atom.